The summed E-state index contributed by atoms with van der Waals surface area (Å²) < 4.78 is 0. The van der Waals surface area contributed by atoms with Crippen LogP contribution in [0.15, 0.2) is 18.6 Å². The van der Waals surface area contributed by atoms with Gasteiger partial charge in [-0.1, -0.05) is 0 Å². The maximum atomic E-state index is 11.4. The van der Waals surface area contributed by atoms with Gasteiger partial charge in [-0.3, -0.25) is 4.79 Å². The molecular weight excluding hydrogens is 180 g/mol. The first-order chi connectivity index (χ1) is 6.50. The van der Waals surface area contributed by atoms with Gasteiger partial charge in [0.1, 0.15) is 6.33 Å². The lowest BCUT2D eigenvalue weighted by Crippen LogP contribution is -2.48. The van der Waals surface area contributed by atoms with E-state index in [1.54, 1.807) is 26.1 Å². The summed E-state index contributed by atoms with van der Waals surface area (Å²) in [7, 11) is 0. The summed E-state index contributed by atoms with van der Waals surface area (Å²) in [5.41, 5.74) is 5.51. The molecule has 1 heterocycles. The Hall–Kier alpha value is -1.49. The average Bonchev–Trinajstić information content (AvgIpc) is 2.14. The fraction of sp³-hybridized carbons (Fsp3) is 0.444. The standard InChI is InChI=1S/C9H14N4O/c1-9(2,10)8(14)12-5-7-3-4-11-6-13-7/h3-4,6H,5,10H2,1-2H3,(H,12,14). The van der Waals surface area contributed by atoms with Crippen molar-refractivity contribution < 1.29 is 4.79 Å². The van der Waals surface area contributed by atoms with Crippen LogP contribution in [-0.4, -0.2) is 21.4 Å². The Morgan fingerprint density at radius 3 is 2.86 bits per heavy atom. The van der Waals surface area contributed by atoms with Gasteiger partial charge in [0.05, 0.1) is 17.8 Å². The SMILES string of the molecule is CC(C)(N)C(=O)NCc1ccncn1. The minimum atomic E-state index is -0.854. The van der Waals surface area contributed by atoms with Crippen LogP contribution in [0.25, 0.3) is 0 Å². The van der Waals surface area contributed by atoms with E-state index in [9.17, 15) is 4.79 Å². The molecule has 0 aromatic carbocycles. The van der Waals surface area contributed by atoms with Crippen molar-refractivity contribution in [1.82, 2.24) is 15.3 Å². The third kappa shape index (κ3) is 3.10. The van der Waals surface area contributed by atoms with Gasteiger partial charge in [-0.2, -0.15) is 0 Å². The van der Waals surface area contributed by atoms with Gasteiger partial charge in [0.15, 0.2) is 0 Å². The zero-order valence-electron chi connectivity index (χ0n) is 8.32. The van der Waals surface area contributed by atoms with Crippen molar-refractivity contribution in [2.24, 2.45) is 5.73 Å². The summed E-state index contributed by atoms with van der Waals surface area (Å²) in [4.78, 5) is 19.1. The van der Waals surface area contributed by atoms with Crippen molar-refractivity contribution in [2.75, 3.05) is 0 Å². The van der Waals surface area contributed by atoms with Crippen LogP contribution in [0.4, 0.5) is 0 Å². The monoisotopic (exact) mass is 194 g/mol. The maximum absolute atomic E-state index is 11.4. The van der Waals surface area contributed by atoms with Crippen LogP contribution in [0.1, 0.15) is 19.5 Å². The minimum Gasteiger partial charge on any atom is -0.349 e. The Kier molecular flexibility index (Phi) is 3.14. The highest BCUT2D eigenvalue weighted by Crippen LogP contribution is 1.97. The summed E-state index contributed by atoms with van der Waals surface area (Å²) >= 11 is 0. The van der Waals surface area contributed by atoms with Gasteiger partial charge in [0.25, 0.3) is 0 Å². The molecule has 1 aromatic rings. The number of carbonyl (C=O) groups is 1. The summed E-state index contributed by atoms with van der Waals surface area (Å²) in [6.07, 6.45) is 3.07. The van der Waals surface area contributed by atoms with E-state index in [0.717, 1.165) is 5.69 Å². The largest absolute Gasteiger partial charge is 0.349 e. The van der Waals surface area contributed by atoms with Crippen LogP contribution in [0, 0.1) is 0 Å². The first kappa shape index (κ1) is 10.6. The summed E-state index contributed by atoms with van der Waals surface area (Å²) in [5, 5.41) is 2.68. The number of aromatic nitrogens is 2. The molecule has 0 saturated carbocycles. The molecule has 0 unspecified atom stereocenters. The van der Waals surface area contributed by atoms with Gasteiger partial charge in [0.2, 0.25) is 5.91 Å². The number of amides is 1. The molecule has 0 atom stereocenters. The number of hydrogen-bond acceptors (Lipinski definition) is 4. The van der Waals surface area contributed by atoms with E-state index >= 15 is 0 Å². The van der Waals surface area contributed by atoms with E-state index in [1.807, 2.05) is 0 Å². The number of nitrogens with zero attached hydrogens (tertiary/aromatic N) is 2. The van der Waals surface area contributed by atoms with E-state index < -0.39 is 5.54 Å². The van der Waals surface area contributed by atoms with E-state index in [2.05, 4.69) is 15.3 Å². The molecule has 14 heavy (non-hydrogen) atoms. The van der Waals surface area contributed by atoms with Crippen LogP contribution >= 0.6 is 0 Å². The Morgan fingerprint density at radius 2 is 2.36 bits per heavy atom. The highest BCUT2D eigenvalue weighted by Gasteiger charge is 2.21. The van der Waals surface area contributed by atoms with Crippen molar-refractivity contribution in [1.29, 1.82) is 0 Å². The Labute approximate surface area is 82.7 Å². The first-order valence-electron chi connectivity index (χ1n) is 4.32. The maximum Gasteiger partial charge on any atom is 0.239 e. The number of nitrogens with two attached hydrogens (primary N) is 1. The van der Waals surface area contributed by atoms with Gasteiger partial charge >= 0.3 is 0 Å². The quantitative estimate of drug-likeness (QED) is 0.700. The predicted molar refractivity (Wildman–Crippen MR) is 52.1 cm³/mol. The lowest BCUT2D eigenvalue weighted by molar-refractivity contribution is -0.125. The molecule has 0 aliphatic heterocycles. The normalized spacial score (nSPS) is 11.1. The first-order valence-corrected chi connectivity index (χ1v) is 4.32. The number of rotatable bonds is 3. The van der Waals surface area contributed by atoms with E-state index in [0.29, 0.717) is 6.54 Å². The zero-order chi connectivity index (χ0) is 10.6. The second-order valence-electron chi connectivity index (χ2n) is 3.61. The summed E-state index contributed by atoms with van der Waals surface area (Å²) in [6, 6.07) is 1.74. The van der Waals surface area contributed by atoms with Crippen LogP contribution in [0.2, 0.25) is 0 Å². The van der Waals surface area contributed by atoms with E-state index in [-0.39, 0.29) is 5.91 Å². The van der Waals surface area contributed by atoms with Gasteiger partial charge < -0.3 is 11.1 Å². The molecule has 0 spiro atoms. The van der Waals surface area contributed by atoms with Crippen molar-refractivity contribution in [3.05, 3.63) is 24.3 Å². The molecule has 5 nitrogen and oxygen atoms in total. The average molecular weight is 194 g/mol. The topological polar surface area (TPSA) is 80.9 Å². The Bertz CT molecular complexity index is 304. The Balaban J connectivity index is 2.46. The van der Waals surface area contributed by atoms with Crippen LogP contribution in [0.3, 0.4) is 0 Å². The van der Waals surface area contributed by atoms with Crippen LogP contribution in [-0.2, 0) is 11.3 Å². The van der Waals surface area contributed by atoms with Crippen molar-refractivity contribution >= 4 is 5.91 Å². The van der Waals surface area contributed by atoms with Gasteiger partial charge in [-0.25, -0.2) is 9.97 Å². The molecule has 5 heteroatoms. The molecule has 0 saturated heterocycles. The lowest BCUT2D eigenvalue weighted by atomic mass is 10.1. The molecule has 3 N–H and O–H groups in total. The third-order valence-corrected chi connectivity index (χ3v) is 1.66. The molecular formula is C9H14N4O. The highest BCUT2D eigenvalue weighted by atomic mass is 16.2. The number of hydrogen-bond donors (Lipinski definition) is 2. The lowest BCUT2D eigenvalue weighted by Gasteiger charge is -2.17. The fourth-order valence-electron chi connectivity index (χ4n) is 0.821. The van der Waals surface area contributed by atoms with E-state index in [4.69, 9.17) is 5.73 Å². The number of nitrogens with one attached hydrogen (secondary N) is 1. The summed E-state index contributed by atoms with van der Waals surface area (Å²) in [5.74, 6) is -0.198. The Morgan fingerprint density at radius 1 is 1.64 bits per heavy atom. The van der Waals surface area contributed by atoms with Crippen LogP contribution < -0.4 is 11.1 Å². The van der Waals surface area contributed by atoms with Gasteiger partial charge in [0, 0.05) is 6.20 Å². The highest BCUT2D eigenvalue weighted by molar-refractivity contribution is 5.84. The molecule has 0 fully saturated rings. The molecule has 0 aliphatic carbocycles. The fourth-order valence-corrected chi connectivity index (χ4v) is 0.821. The second kappa shape index (κ2) is 4.15. The second-order valence-corrected chi connectivity index (χ2v) is 3.61. The molecule has 0 bridgehead atoms. The van der Waals surface area contributed by atoms with Gasteiger partial charge in [-0.15, -0.1) is 0 Å². The van der Waals surface area contributed by atoms with Crippen molar-refractivity contribution in [3.8, 4) is 0 Å². The molecule has 1 aromatic heterocycles. The smallest absolute Gasteiger partial charge is 0.239 e. The van der Waals surface area contributed by atoms with Crippen molar-refractivity contribution in [3.63, 3.8) is 0 Å². The zero-order valence-corrected chi connectivity index (χ0v) is 8.32. The predicted octanol–water partition coefficient (Wildman–Crippen LogP) is -0.170. The molecule has 76 valence electrons. The van der Waals surface area contributed by atoms with Gasteiger partial charge in [-0.05, 0) is 19.9 Å². The molecule has 0 aliphatic rings. The molecule has 1 amide bonds. The third-order valence-electron chi connectivity index (χ3n) is 1.66. The van der Waals surface area contributed by atoms with E-state index in [1.165, 1.54) is 6.33 Å². The molecule has 0 radical (unpaired) electrons. The van der Waals surface area contributed by atoms with Crippen LogP contribution in [0.5, 0.6) is 0 Å². The minimum absolute atomic E-state index is 0.198. The van der Waals surface area contributed by atoms with Crippen molar-refractivity contribution in [2.45, 2.75) is 25.9 Å². The number of carbonyl (C=O) groups excluding carboxylic acids is 1. The summed E-state index contributed by atoms with van der Waals surface area (Å²) in [6.45, 7) is 3.69. The molecule has 1 rings (SSSR count).